The average Bonchev–Trinajstić information content (AvgIpc) is 2.78. The Balaban J connectivity index is 1.66. The van der Waals surface area contributed by atoms with Gasteiger partial charge in [-0.2, -0.15) is 0 Å². The number of carbonyl (C=O) groups excluding carboxylic acids is 1. The maximum atomic E-state index is 12.4. The molecule has 0 unspecified atom stereocenters. The number of hydrogen-bond donors (Lipinski definition) is 1. The highest BCUT2D eigenvalue weighted by atomic mass is 16.7. The van der Waals surface area contributed by atoms with E-state index in [-0.39, 0.29) is 13.2 Å². The fourth-order valence-electron chi connectivity index (χ4n) is 3.10. The molecule has 1 saturated heterocycles. The molecule has 1 N–H and O–H groups in total. The Morgan fingerprint density at radius 2 is 1.83 bits per heavy atom. The Hall–Kier alpha value is -2.71. The van der Waals surface area contributed by atoms with Crippen LogP contribution in [-0.4, -0.2) is 56.5 Å². The maximum Gasteiger partial charge on any atom is 0.331 e. The second-order valence-corrected chi connectivity index (χ2v) is 6.77. The number of methoxy groups -OCH3 is 2. The minimum atomic E-state index is -0.967. The van der Waals surface area contributed by atoms with E-state index in [4.69, 9.17) is 23.7 Å². The molecule has 1 heterocycles. The van der Waals surface area contributed by atoms with Crippen LogP contribution in [0.5, 0.6) is 5.75 Å². The Labute approximate surface area is 175 Å². The fraction of sp³-hybridized carbons (Fsp3) is 0.348. The minimum Gasteiger partial charge on any atom is -0.497 e. The number of rotatable bonds is 8. The molecule has 0 saturated carbocycles. The number of esters is 1. The van der Waals surface area contributed by atoms with E-state index in [2.05, 4.69) is 0 Å². The standard InChI is InChI=1S/C23H26O7/c1-26-18-11-8-17(9-12-18)14-28-21-19(24)15-29-23(27-2)22(21)30-20(25)13-10-16-6-4-3-5-7-16/h3-13,19,21-24H,14-15H2,1-2H3/b13-10+/t19-,21+,22-,23-/m1/s1. The predicted molar refractivity (Wildman–Crippen MR) is 110 cm³/mol. The molecule has 0 radical (unpaired) electrons. The second-order valence-electron chi connectivity index (χ2n) is 6.77. The molecule has 1 fully saturated rings. The number of aliphatic hydroxyl groups is 1. The lowest BCUT2D eigenvalue weighted by atomic mass is 10.0. The van der Waals surface area contributed by atoms with Crippen molar-refractivity contribution in [2.24, 2.45) is 0 Å². The van der Waals surface area contributed by atoms with E-state index in [0.29, 0.717) is 0 Å². The van der Waals surface area contributed by atoms with E-state index in [1.807, 2.05) is 54.6 Å². The van der Waals surface area contributed by atoms with Crippen molar-refractivity contribution in [2.75, 3.05) is 20.8 Å². The van der Waals surface area contributed by atoms with Crippen LogP contribution >= 0.6 is 0 Å². The maximum absolute atomic E-state index is 12.4. The molecular weight excluding hydrogens is 388 g/mol. The highest BCUT2D eigenvalue weighted by molar-refractivity contribution is 5.87. The summed E-state index contributed by atoms with van der Waals surface area (Å²) in [6.45, 7) is 0.232. The van der Waals surface area contributed by atoms with E-state index in [1.165, 1.54) is 13.2 Å². The quantitative estimate of drug-likeness (QED) is 0.525. The topological polar surface area (TPSA) is 83.5 Å². The summed E-state index contributed by atoms with van der Waals surface area (Å²) in [5, 5.41) is 10.4. The van der Waals surface area contributed by atoms with Gasteiger partial charge in [0.15, 0.2) is 12.4 Å². The molecular formula is C23H26O7. The molecule has 160 valence electrons. The van der Waals surface area contributed by atoms with Gasteiger partial charge in [0, 0.05) is 13.2 Å². The van der Waals surface area contributed by atoms with E-state index in [9.17, 15) is 9.90 Å². The highest BCUT2D eigenvalue weighted by Gasteiger charge is 2.43. The van der Waals surface area contributed by atoms with Gasteiger partial charge in [-0.05, 0) is 29.3 Å². The lowest BCUT2D eigenvalue weighted by Crippen LogP contribution is -2.56. The first-order valence-corrected chi connectivity index (χ1v) is 9.61. The molecule has 7 heteroatoms. The Bertz CT molecular complexity index is 819. The molecule has 3 rings (SSSR count). The summed E-state index contributed by atoms with van der Waals surface area (Å²) >= 11 is 0. The number of hydrogen-bond acceptors (Lipinski definition) is 7. The molecule has 0 spiro atoms. The first kappa shape index (κ1) is 22.0. The zero-order chi connectivity index (χ0) is 21.3. The number of aliphatic hydroxyl groups excluding tert-OH is 1. The highest BCUT2D eigenvalue weighted by Crippen LogP contribution is 2.24. The molecule has 1 aliphatic heterocycles. The SMILES string of the molecule is COc1ccc(CO[C@@H]2[C@@H](OC(=O)/C=C/c3ccccc3)[C@H](OC)OC[C@H]2O)cc1. The largest absolute Gasteiger partial charge is 0.497 e. The van der Waals surface area contributed by atoms with Crippen LogP contribution in [0.4, 0.5) is 0 Å². The van der Waals surface area contributed by atoms with Gasteiger partial charge in [-0.15, -0.1) is 0 Å². The van der Waals surface area contributed by atoms with Crippen molar-refractivity contribution in [1.82, 2.24) is 0 Å². The van der Waals surface area contributed by atoms with E-state index in [1.54, 1.807) is 13.2 Å². The summed E-state index contributed by atoms with van der Waals surface area (Å²) in [7, 11) is 3.05. The summed E-state index contributed by atoms with van der Waals surface area (Å²) in [6, 6.07) is 16.8. The number of ether oxygens (including phenoxy) is 5. The van der Waals surface area contributed by atoms with Gasteiger partial charge in [-0.3, -0.25) is 0 Å². The summed E-state index contributed by atoms with van der Waals surface area (Å²) < 4.78 is 27.4. The molecule has 7 nitrogen and oxygen atoms in total. The first-order chi connectivity index (χ1) is 14.6. The summed E-state index contributed by atoms with van der Waals surface area (Å²) in [5.41, 5.74) is 1.75. The predicted octanol–water partition coefficient (Wildman–Crippen LogP) is 2.57. The van der Waals surface area contributed by atoms with Crippen LogP contribution in [0, 0.1) is 0 Å². The van der Waals surface area contributed by atoms with Crippen molar-refractivity contribution in [3.8, 4) is 5.75 Å². The Morgan fingerprint density at radius 3 is 2.50 bits per heavy atom. The molecule has 2 aromatic carbocycles. The fourth-order valence-corrected chi connectivity index (χ4v) is 3.10. The monoisotopic (exact) mass is 414 g/mol. The zero-order valence-corrected chi connectivity index (χ0v) is 17.0. The molecule has 0 amide bonds. The van der Waals surface area contributed by atoms with Crippen LogP contribution < -0.4 is 4.74 Å². The zero-order valence-electron chi connectivity index (χ0n) is 17.0. The molecule has 1 aliphatic rings. The van der Waals surface area contributed by atoms with Crippen molar-refractivity contribution < 1.29 is 33.6 Å². The molecule has 0 aliphatic carbocycles. The van der Waals surface area contributed by atoms with Gasteiger partial charge in [-0.25, -0.2) is 4.79 Å². The number of benzene rings is 2. The van der Waals surface area contributed by atoms with E-state index in [0.717, 1.165) is 16.9 Å². The van der Waals surface area contributed by atoms with Crippen molar-refractivity contribution in [3.63, 3.8) is 0 Å². The van der Waals surface area contributed by atoms with Gasteiger partial charge < -0.3 is 28.8 Å². The van der Waals surface area contributed by atoms with E-state index < -0.39 is 30.6 Å². The van der Waals surface area contributed by atoms with Crippen molar-refractivity contribution in [3.05, 3.63) is 71.8 Å². The van der Waals surface area contributed by atoms with Crippen molar-refractivity contribution >= 4 is 12.0 Å². The van der Waals surface area contributed by atoms with Gasteiger partial charge in [0.25, 0.3) is 0 Å². The van der Waals surface area contributed by atoms with Crippen molar-refractivity contribution in [1.29, 1.82) is 0 Å². The Kier molecular flexibility index (Phi) is 7.98. The van der Waals surface area contributed by atoms with Gasteiger partial charge in [-0.1, -0.05) is 42.5 Å². The van der Waals surface area contributed by atoms with Crippen molar-refractivity contribution in [2.45, 2.75) is 31.2 Å². The van der Waals surface area contributed by atoms with Crippen LogP contribution in [-0.2, 0) is 30.3 Å². The molecule has 30 heavy (non-hydrogen) atoms. The number of carbonyl (C=O) groups is 1. The summed E-state index contributed by atoms with van der Waals surface area (Å²) in [6.07, 6.45) is -0.570. The minimum absolute atomic E-state index is 0.0136. The smallest absolute Gasteiger partial charge is 0.331 e. The molecule has 0 bridgehead atoms. The first-order valence-electron chi connectivity index (χ1n) is 9.61. The van der Waals surface area contributed by atoms with Crippen LogP contribution in [0.1, 0.15) is 11.1 Å². The third-order valence-electron chi connectivity index (χ3n) is 4.70. The third kappa shape index (κ3) is 5.90. The van der Waals surface area contributed by atoms with Gasteiger partial charge in [0.1, 0.15) is 18.0 Å². The van der Waals surface area contributed by atoms with E-state index >= 15 is 0 Å². The Morgan fingerprint density at radius 1 is 1.10 bits per heavy atom. The lowest BCUT2D eigenvalue weighted by Gasteiger charge is -2.38. The van der Waals surface area contributed by atoms with Crippen LogP contribution in [0.15, 0.2) is 60.7 Å². The molecule has 4 atom stereocenters. The normalized spacial score (nSPS) is 24.0. The van der Waals surface area contributed by atoms with Crippen LogP contribution in [0.3, 0.4) is 0 Å². The third-order valence-corrected chi connectivity index (χ3v) is 4.70. The van der Waals surface area contributed by atoms with Crippen LogP contribution in [0.2, 0.25) is 0 Å². The second kappa shape index (κ2) is 10.9. The van der Waals surface area contributed by atoms with Gasteiger partial charge in [0.05, 0.1) is 20.3 Å². The van der Waals surface area contributed by atoms with Gasteiger partial charge in [0.2, 0.25) is 0 Å². The average molecular weight is 414 g/mol. The van der Waals surface area contributed by atoms with Gasteiger partial charge >= 0.3 is 5.97 Å². The summed E-state index contributed by atoms with van der Waals surface area (Å²) in [5.74, 6) is 0.156. The van der Waals surface area contributed by atoms with Crippen LogP contribution in [0.25, 0.3) is 6.08 Å². The summed E-state index contributed by atoms with van der Waals surface area (Å²) in [4.78, 5) is 12.4. The lowest BCUT2D eigenvalue weighted by molar-refractivity contribution is -0.276. The molecule has 2 aromatic rings. The molecule has 0 aromatic heterocycles.